The molecule has 2 aromatic heterocycles. The maximum Gasteiger partial charge on any atom is 0.216 e. The summed E-state index contributed by atoms with van der Waals surface area (Å²) in [6, 6.07) is 15.1. The van der Waals surface area contributed by atoms with Crippen molar-refractivity contribution in [2.24, 2.45) is 7.05 Å². The molecule has 5 rings (SSSR count). The highest BCUT2D eigenvalue weighted by atomic mass is 16.3. The van der Waals surface area contributed by atoms with Gasteiger partial charge in [0, 0.05) is 28.5 Å². The third-order valence-electron chi connectivity index (χ3n) is 6.79. The lowest BCUT2D eigenvalue weighted by molar-refractivity contribution is -0.660. The maximum absolute atomic E-state index is 9.86. The number of nitriles is 1. The molecule has 0 bridgehead atoms. The van der Waals surface area contributed by atoms with Gasteiger partial charge >= 0.3 is 0 Å². The zero-order chi connectivity index (χ0) is 20.8. The van der Waals surface area contributed by atoms with Gasteiger partial charge in [0.15, 0.2) is 6.20 Å². The van der Waals surface area contributed by atoms with Crippen LogP contribution < -0.4 is 4.57 Å². The Morgan fingerprint density at radius 3 is 2.53 bits per heavy atom. The van der Waals surface area contributed by atoms with Crippen LogP contribution in [0, 0.1) is 25.2 Å². The number of fused-ring (bicyclic) bond motifs is 3. The van der Waals surface area contributed by atoms with E-state index in [0.29, 0.717) is 5.92 Å². The van der Waals surface area contributed by atoms with Gasteiger partial charge in [-0.25, -0.2) is 4.57 Å². The lowest BCUT2D eigenvalue weighted by Crippen LogP contribution is -2.30. The number of aryl methyl sites for hydroxylation is 3. The summed E-state index contributed by atoms with van der Waals surface area (Å²) < 4.78 is 8.86. The van der Waals surface area contributed by atoms with Gasteiger partial charge in [0.2, 0.25) is 5.69 Å². The average Bonchev–Trinajstić information content (AvgIpc) is 3.14. The number of hydrogen-bond acceptors (Lipinski definition) is 2. The van der Waals surface area contributed by atoms with Gasteiger partial charge in [-0.1, -0.05) is 25.3 Å². The van der Waals surface area contributed by atoms with Crippen molar-refractivity contribution in [3.05, 3.63) is 64.8 Å². The third-order valence-corrected chi connectivity index (χ3v) is 6.79. The molecule has 2 heterocycles. The highest BCUT2D eigenvalue weighted by Crippen LogP contribution is 2.44. The molecular weight excluding hydrogens is 368 g/mol. The van der Waals surface area contributed by atoms with Crippen LogP contribution in [0.5, 0.6) is 0 Å². The number of furan rings is 1. The summed E-state index contributed by atoms with van der Waals surface area (Å²) in [6.07, 6.45) is 8.11. The molecular formula is C27H27N2O+. The average molecular weight is 396 g/mol. The smallest absolute Gasteiger partial charge is 0.216 e. The SMILES string of the molecule is Cc1cc(C)c2c(oc3c(C4CCCCC4)c(C#N)ccc32)c1-c1cccc[n+]1C. The quantitative estimate of drug-likeness (QED) is 0.358. The summed E-state index contributed by atoms with van der Waals surface area (Å²) in [4.78, 5) is 0. The number of aromatic nitrogens is 1. The molecule has 0 spiro atoms. The largest absolute Gasteiger partial charge is 0.455 e. The van der Waals surface area contributed by atoms with Gasteiger partial charge in [0.05, 0.1) is 17.2 Å². The summed E-state index contributed by atoms with van der Waals surface area (Å²) in [7, 11) is 2.07. The maximum atomic E-state index is 9.86. The van der Waals surface area contributed by atoms with Crippen molar-refractivity contribution in [2.75, 3.05) is 0 Å². The minimum atomic E-state index is 0.412. The number of nitrogens with zero attached hydrogens (tertiary/aromatic N) is 2. The molecule has 30 heavy (non-hydrogen) atoms. The molecule has 0 atom stereocenters. The minimum Gasteiger partial charge on any atom is -0.455 e. The standard InChI is InChI=1S/C27H27N2O/c1-17-15-18(2)24(22-11-7-8-14-29(22)3)27-23(17)21-13-12-20(16-28)25(26(21)30-27)19-9-5-4-6-10-19/h7-8,11-15,19H,4-6,9-10H2,1-3H3/q+1. The van der Waals surface area contributed by atoms with Gasteiger partial charge < -0.3 is 4.42 Å². The fourth-order valence-electron chi connectivity index (χ4n) is 5.39. The predicted octanol–water partition coefficient (Wildman–Crippen LogP) is 6.61. The molecule has 3 nitrogen and oxygen atoms in total. The normalized spacial score (nSPS) is 15.0. The van der Waals surface area contributed by atoms with Crippen molar-refractivity contribution < 1.29 is 8.98 Å². The Bertz CT molecular complexity index is 1320. The van der Waals surface area contributed by atoms with Crippen LogP contribution in [-0.2, 0) is 7.05 Å². The van der Waals surface area contributed by atoms with E-state index < -0.39 is 0 Å². The van der Waals surface area contributed by atoms with E-state index in [1.165, 1.54) is 35.8 Å². The van der Waals surface area contributed by atoms with Crippen LogP contribution in [0.15, 0.2) is 47.0 Å². The molecule has 1 fully saturated rings. The molecule has 1 aliphatic rings. The molecule has 1 aliphatic carbocycles. The number of hydrogen-bond donors (Lipinski definition) is 0. The second-order valence-corrected chi connectivity index (χ2v) is 8.74. The Morgan fingerprint density at radius 2 is 1.80 bits per heavy atom. The molecule has 0 unspecified atom stereocenters. The fourth-order valence-corrected chi connectivity index (χ4v) is 5.39. The number of rotatable bonds is 2. The molecule has 2 aromatic carbocycles. The molecule has 3 heteroatoms. The molecule has 0 amide bonds. The van der Waals surface area contributed by atoms with Crippen molar-refractivity contribution in [3.8, 4) is 17.3 Å². The zero-order valence-corrected chi connectivity index (χ0v) is 18.0. The minimum absolute atomic E-state index is 0.412. The van der Waals surface area contributed by atoms with Gasteiger partial charge in [-0.3, -0.25) is 0 Å². The van der Waals surface area contributed by atoms with E-state index in [2.05, 4.69) is 62.0 Å². The Labute approximate surface area is 177 Å². The van der Waals surface area contributed by atoms with E-state index in [9.17, 15) is 5.26 Å². The van der Waals surface area contributed by atoms with Crippen molar-refractivity contribution in [2.45, 2.75) is 51.9 Å². The van der Waals surface area contributed by atoms with Crippen LogP contribution >= 0.6 is 0 Å². The van der Waals surface area contributed by atoms with Gasteiger partial charge in [-0.05, 0) is 61.9 Å². The van der Waals surface area contributed by atoms with Crippen molar-refractivity contribution in [1.29, 1.82) is 5.26 Å². The number of benzene rings is 2. The third kappa shape index (κ3) is 2.82. The lowest BCUT2D eigenvalue weighted by Gasteiger charge is -2.22. The van der Waals surface area contributed by atoms with Crippen molar-refractivity contribution >= 4 is 21.9 Å². The van der Waals surface area contributed by atoms with Crippen LogP contribution in [0.3, 0.4) is 0 Å². The molecule has 0 N–H and O–H groups in total. The summed E-state index contributed by atoms with van der Waals surface area (Å²) in [5, 5.41) is 12.2. The highest BCUT2D eigenvalue weighted by Gasteiger charge is 2.27. The van der Waals surface area contributed by atoms with E-state index in [1.54, 1.807) is 0 Å². The first-order valence-electron chi connectivity index (χ1n) is 10.9. The summed E-state index contributed by atoms with van der Waals surface area (Å²) in [6.45, 7) is 4.32. The fraction of sp³-hybridized carbons (Fsp3) is 0.333. The number of pyridine rings is 1. The Morgan fingerprint density at radius 1 is 1.00 bits per heavy atom. The summed E-state index contributed by atoms with van der Waals surface area (Å²) >= 11 is 0. The van der Waals surface area contributed by atoms with Gasteiger partial charge in [0.1, 0.15) is 18.2 Å². The van der Waals surface area contributed by atoms with Gasteiger partial charge in [-0.15, -0.1) is 0 Å². The van der Waals surface area contributed by atoms with Gasteiger partial charge in [0.25, 0.3) is 0 Å². The first kappa shape index (κ1) is 18.9. The molecule has 0 aliphatic heterocycles. The first-order chi connectivity index (χ1) is 14.6. The Balaban J connectivity index is 1.89. The van der Waals surface area contributed by atoms with E-state index in [4.69, 9.17) is 4.42 Å². The zero-order valence-electron chi connectivity index (χ0n) is 18.0. The predicted molar refractivity (Wildman–Crippen MR) is 120 cm³/mol. The van der Waals surface area contributed by atoms with E-state index in [1.807, 2.05) is 12.1 Å². The lowest BCUT2D eigenvalue weighted by atomic mass is 9.81. The van der Waals surface area contributed by atoms with Crippen LogP contribution in [0.25, 0.3) is 33.2 Å². The topological polar surface area (TPSA) is 40.8 Å². The Kier molecular flexibility index (Phi) is 4.59. The summed E-state index contributed by atoms with van der Waals surface area (Å²) in [5.41, 5.74) is 8.48. The highest BCUT2D eigenvalue weighted by molar-refractivity contribution is 6.12. The molecule has 1 saturated carbocycles. The van der Waals surface area contributed by atoms with E-state index >= 15 is 0 Å². The van der Waals surface area contributed by atoms with Crippen LogP contribution in [-0.4, -0.2) is 0 Å². The van der Waals surface area contributed by atoms with Crippen LogP contribution in [0.4, 0.5) is 0 Å². The molecule has 4 aromatic rings. The van der Waals surface area contributed by atoms with Crippen LogP contribution in [0.1, 0.15) is 60.3 Å². The molecule has 0 saturated heterocycles. The monoisotopic (exact) mass is 395 g/mol. The Hall–Kier alpha value is -3.12. The first-order valence-corrected chi connectivity index (χ1v) is 10.9. The molecule has 150 valence electrons. The van der Waals surface area contributed by atoms with Crippen molar-refractivity contribution in [1.82, 2.24) is 0 Å². The van der Waals surface area contributed by atoms with E-state index in [-0.39, 0.29) is 0 Å². The van der Waals surface area contributed by atoms with Gasteiger partial charge in [-0.2, -0.15) is 5.26 Å². The second kappa shape index (κ2) is 7.29. The van der Waals surface area contributed by atoms with E-state index in [0.717, 1.165) is 51.8 Å². The molecule has 0 radical (unpaired) electrons. The second-order valence-electron chi connectivity index (χ2n) is 8.74. The van der Waals surface area contributed by atoms with Crippen LogP contribution in [0.2, 0.25) is 0 Å². The van der Waals surface area contributed by atoms with Crippen molar-refractivity contribution in [3.63, 3.8) is 0 Å². The summed E-state index contributed by atoms with van der Waals surface area (Å²) in [5.74, 6) is 0.412.